The lowest BCUT2D eigenvalue weighted by molar-refractivity contribution is 0.106. The first-order chi connectivity index (χ1) is 8.11. The van der Waals surface area contributed by atoms with Crippen LogP contribution in [0.1, 0.15) is 33.6 Å². The summed E-state index contributed by atoms with van der Waals surface area (Å²) in [7, 11) is 0. The quantitative estimate of drug-likeness (QED) is 0.301. The highest BCUT2D eigenvalue weighted by Gasteiger charge is 2.35. The van der Waals surface area contributed by atoms with Crippen LogP contribution in [0.3, 0.4) is 0 Å². The van der Waals surface area contributed by atoms with Crippen LogP contribution >= 0.6 is 0 Å². The average Bonchev–Trinajstić information content (AvgIpc) is 2.71. The molecule has 2 atom stereocenters. The van der Waals surface area contributed by atoms with E-state index in [0.717, 1.165) is 19.0 Å². The molecule has 5 nitrogen and oxygen atoms in total. The Balaban J connectivity index is 2.08. The van der Waals surface area contributed by atoms with Gasteiger partial charge < -0.3 is 4.90 Å². The molecular formula is C12H25N5. The van der Waals surface area contributed by atoms with E-state index in [1.165, 1.54) is 19.4 Å². The van der Waals surface area contributed by atoms with Crippen molar-refractivity contribution in [1.29, 1.82) is 0 Å². The molecule has 2 rings (SSSR count). The number of fused-ring (bicyclic) bond motifs is 1. The summed E-state index contributed by atoms with van der Waals surface area (Å²) in [5.41, 5.74) is 2.77. The Morgan fingerprint density at radius 2 is 2.18 bits per heavy atom. The van der Waals surface area contributed by atoms with Gasteiger partial charge in [0, 0.05) is 31.2 Å². The van der Waals surface area contributed by atoms with Gasteiger partial charge in [-0.05, 0) is 40.2 Å². The number of piperazine rings is 1. The smallest absolute Gasteiger partial charge is 0.208 e. The van der Waals surface area contributed by atoms with E-state index in [9.17, 15) is 0 Å². The molecule has 0 amide bonds. The molecule has 2 saturated heterocycles. The topological polar surface area (TPSA) is 56.9 Å². The summed E-state index contributed by atoms with van der Waals surface area (Å²) in [6.07, 6.45) is 2.64. The fourth-order valence-electron chi connectivity index (χ4n) is 2.92. The van der Waals surface area contributed by atoms with Crippen molar-refractivity contribution in [3.63, 3.8) is 0 Å². The third kappa shape index (κ3) is 2.72. The normalized spacial score (nSPS) is 30.9. The number of aliphatic imine (C=N–C) groups is 1. The van der Waals surface area contributed by atoms with E-state index >= 15 is 0 Å². The van der Waals surface area contributed by atoms with Crippen molar-refractivity contribution in [3.8, 4) is 0 Å². The highest BCUT2D eigenvalue weighted by atomic mass is 15.4. The van der Waals surface area contributed by atoms with Crippen molar-refractivity contribution in [2.45, 2.75) is 51.7 Å². The Morgan fingerprint density at radius 1 is 1.41 bits per heavy atom. The van der Waals surface area contributed by atoms with Gasteiger partial charge in [0.05, 0.1) is 0 Å². The van der Waals surface area contributed by atoms with Gasteiger partial charge in [0.25, 0.3) is 0 Å². The van der Waals surface area contributed by atoms with Gasteiger partial charge >= 0.3 is 0 Å². The standard InChI is InChI=1S/C12H25N5/c1-9(2)14-12(15-13)17-8-11-5-4-6-16(11)7-10(17)3/h9-11H,4-8,13H2,1-3H3,(H,14,15). The predicted molar refractivity (Wildman–Crippen MR) is 70.7 cm³/mol. The van der Waals surface area contributed by atoms with Crippen LogP contribution in [-0.4, -0.2) is 53.5 Å². The maximum atomic E-state index is 5.62. The summed E-state index contributed by atoms with van der Waals surface area (Å²) in [5.74, 6) is 6.46. The first kappa shape index (κ1) is 12.6. The fraction of sp³-hybridized carbons (Fsp3) is 0.917. The third-order valence-corrected chi connectivity index (χ3v) is 3.72. The molecule has 0 aromatic carbocycles. The molecule has 0 radical (unpaired) electrons. The minimum atomic E-state index is 0.273. The van der Waals surface area contributed by atoms with E-state index < -0.39 is 0 Å². The van der Waals surface area contributed by atoms with Gasteiger partial charge in [0.1, 0.15) is 0 Å². The van der Waals surface area contributed by atoms with Gasteiger partial charge in [0.2, 0.25) is 5.96 Å². The number of guanidine groups is 1. The minimum Gasteiger partial charge on any atom is -0.336 e. The zero-order chi connectivity index (χ0) is 12.4. The van der Waals surface area contributed by atoms with Crippen molar-refractivity contribution in [2.24, 2.45) is 10.8 Å². The van der Waals surface area contributed by atoms with Crippen LogP contribution in [0.25, 0.3) is 0 Å². The largest absolute Gasteiger partial charge is 0.336 e. The molecule has 17 heavy (non-hydrogen) atoms. The molecule has 0 aromatic heterocycles. The van der Waals surface area contributed by atoms with Crippen molar-refractivity contribution in [3.05, 3.63) is 0 Å². The second kappa shape index (κ2) is 5.23. The minimum absolute atomic E-state index is 0.273. The van der Waals surface area contributed by atoms with Crippen molar-refractivity contribution >= 4 is 5.96 Å². The molecule has 5 heteroatoms. The summed E-state index contributed by atoms with van der Waals surface area (Å²) in [6.45, 7) is 9.85. The lowest BCUT2D eigenvalue weighted by atomic mass is 10.1. The summed E-state index contributed by atoms with van der Waals surface area (Å²) in [5, 5.41) is 0. The molecular weight excluding hydrogens is 214 g/mol. The Bertz CT molecular complexity index is 289. The number of nitrogens with two attached hydrogens (primary N) is 1. The van der Waals surface area contributed by atoms with Crippen LogP contribution in [0.2, 0.25) is 0 Å². The molecule has 0 aromatic rings. The number of nitrogens with one attached hydrogen (secondary N) is 1. The second-order valence-corrected chi connectivity index (χ2v) is 5.48. The monoisotopic (exact) mass is 239 g/mol. The van der Waals surface area contributed by atoms with Crippen LogP contribution in [0.5, 0.6) is 0 Å². The average molecular weight is 239 g/mol. The molecule has 98 valence electrons. The lowest BCUT2D eigenvalue weighted by Gasteiger charge is -2.43. The molecule has 2 fully saturated rings. The van der Waals surface area contributed by atoms with Crippen molar-refractivity contribution in [2.75, 3.05) is 19.6 Å². The molecule has 2 heterocycles. The van der Waals surface area contributed by atoms with E-state index in [-0.39, 0.29) is 6.04 Å². The molecule has 3 N–H and O–H groups in total. The number of hydrazine groups is 1. The Labute approximate surface area is 104 Å². The Hall–Kier alpha value is -0.810. The van der Waals surface area contributed by atoms with Gasteiger partial charge in [-0.1, -0.05) is 0 Å². The first-order valence-corrected chi connectivity index (χ1v) is 6.67. The summed E-state index contributed by atoms with van der Waals surface area (Å²) >= 11 is 0. The number of rotatable bonds is 1. The SMILES string of the molecule is CC(C)N=C(NN)N1CC2CCCN2CC1C. The van der Waals surface area contributed by atoms with E-state index in [1.54, 1.807) is 0 Å². The Kier molecular flexibility index (Phi) is 3.89. The maximum absolute atomic E-state index is 5.62. The zero-order valence-corrected chi connectivity index (χ0v) is 11.2. The van der Waals surface area contributed by atoms with Gasteiger partial charge in [-0.2, -0.15) is 0 Å². The Morgan fingerprint density at radius 3 is 2.82 bits per heavy atom. The zero-order valence-electron chi connectivity index (χ0n) is 11.2. The second-order valence-electron chi connectivity index (χ2n) is 5.48. The number of hydrogen-bond acceptors (Lipinski definition) is 3. The summed E-state index contributed by atoms with van der Waals surface area (Å²) in [4.78, 5) is 9.50. The van der Waals surface area contributed by atoms with Gasteiger partial charge in [0.15, 0.2) is 0 Å². The third-order valence-electron chi connectivity index (χ3n) is 3.72. The van der Waals surface area contributed by atoms with Crippen molar-refractivity contribution < 1.29 is 0 Å². The molecule has 0 spiro atoms. The number of nitrogens with zero attached hydrogens (tertiary/aromatic N) is 3. The maximum Gasteiger partial charge on any atom is 0.208 e. The van der Waals surface area contributed by atoms with E-state index in [4.69, 9.17) is 5.84 Å². The molecule has 0 bridgehead atoms. The van der Waals surface area contributed by atoms with Crippen LogP contribution in [0.4, 0.5) is 0 Å². The van der Waals surface area contributed by atoms with Gasteiger partial charge in [-0.15, -0.1) is 0 Å². The molecule has 0 aliphatic carbocycles. The van der Waals surface area contributed by atoms with Crippen LogP contribution in [0.15, 0.2) is 4.99 Å². The first-order valence-electron chi connectivity index (χ1n) is 6.67. The number of hydrogen-bond donors (Lipinski definition) is 2. The highest BCUT2D eigenvalue weighted by molar-refractivity contribution is 5.80. The summed E-state index contributed by atoms with van der Waals surface area (Å²) in [6, 6.07) is 1.45. The van der Waals surface area contributed by atoms with Crippen molar-refractivity contribution in [1.82, 2.24) is 15.2 Å². The molecule has 2 aliphatic heterocycles. The molecule has 2 unspecified atom stereocenters. The van der Waals surface area contributed by atoms with E-state index in [0.29, 0.717) is 12.1 Å². The van der Waals surface area contributed by atoms with Crippen LogP contribution < -0.4 is 11.3 Å². The highest BCUT2D eigenvalue weighted by Crippen LogP contribution is 2.24. The molecule has 2 aliphatic rings. The molecule has 0 saturated carbocycles. The summed E-state index contributed by atoms with van der Waals surface area (Å²) < 4.78 is 0. The van der Waals surface area contributed by atoms with Crippen LogP contribution in [-0.2, 0) is 0 Å². The fourth-order valence-corrected chi connectivity index (χ4v) is 2.92. The van der Waals surface area contributed by atoms with Gasteiger partial charge in [-0.3, -0.25) is 10.3 Å². The predicted octanol–water partition coefficient (Wildman–Crippen LogP) is 0.383. The van der Waals surface area contributed by atoms with Crippen LogP contribution in [0, 0.1) is 0 Å². The van der Waals surface area contributed by atoms with E-state index in [1.807, 2.05) is 0 Å². The lowest BCUT2D eigenvalue weighted by Crippen LogP contribution is -2.60. The van der Waals surface area contributed by atoms with Gasteiger partial charge in [-0.25, -0.2) is 10.8 Å². The van der Waals surface area contributed by atoms with E-state index in [2.05, 4.69) is 41.0 Å².